The maximum absolute atomic E-state index is 14.5. The molecule has 0 saturated carbocycles. The van der Waals surface area contributed by atoms with E-state index in [1.807, 2.05) is 0 Å². The number of Topliss-reactive ketones (excluding diaryl/α,β-unsaturated/α-hetero) is 1. The third kappa shape index (κ3) is 12.0. The van der Waals surface area contributed by atoms with E-state index < -0.39 is 86.8 Å². The summed E-state index contributed by atoms with van der Waals surface area (Å²) in [6, 6.07) is 16.0. The first-order chi connectivity index (χ1) is 26.6. The maximum Gasteiger partial charge on any atom is 0.315 e. The maximum atomic E-state index is 14.5. The molecule has 0 spiro atoms. The Morgan fingerprint density at radius 3 is 1.56 bits per heavy atom. The van der Waals surface area contributed by atoms with Crippen molar-refractivity contribution < 1.29 is 66.0 Å². The number of alkyl halides is 4. The second-order valence-corrected chi connectivity index (χ2v) is 15.6. The van der Waals surface area contributed by atoms with Gasteiger partial charge in [-0.25, -0.2) is 34.4 Å². The molecule has 1 aromatic heterocycles. The van der Waals surface area contributed by atoms with E-state index in [4.69, 9.17) is 4.42 Å². The molecule has 1 amide bonds. The van der Waals surface area contributed by atoms with Gasteiger partial charge in [0.25, 0.3) is 11.8 Å². The lowest BCUT2D eigenvalue weighted by Gasteiger charge is -2.23. The van der Waals surface area contributed by atoms with E-state index in [-0.39, 0.29) is 46.1 Å². The molecule has 0 aliphatic rings. The number of nitrogens with one attached hydrogen (secondary N) is 1. The second-order valence-electron chi connectivity index (χ2n) is 11.8. The van der Waals surface area contributed by atoms with Crippen LogP contribution < -0.4 is 13.9 Å². The number of ketones is 1. The van der Waals surface area contributed by atoms with Crippen LogP contribution in [0.5, 0.6) is 0 Å². The summed E-state index contributed by atoms with van der Waals surface area (Å²) in [5.41, 5.74) is 0.0795. The molecule has 304 valence electrons. The predicted octanol–water partition coefficient (Wildman–Crippen LogP) is 6.41. The number of halogens is 8. The van der Waals surface area contributed by atoms with E-state index in [0.29, 0.717) is 0 Å². The molecule has 0 atom stereocenters. The molecule has 0 aliphatic carbocycles. The third-order valence-corrected chi connectivity index (χ3v) is 9.86. The molecule has 4 aromatic carbocycles. The Morgan fingerprint density at radius 1 is 0.684 bits per heavy atom. The predicted molar refractivity (Wildman–Crippen MR) is 189 cm³/mol. The number of carbonyl (C=O) groups is 2. The topological polar surface area (TPSA) is 160 Å². The van der Waals surface area contributed by atoms with Crippen molar-refractivity contribution in [1.82, 2.24) is 15.5 Å². The van der Waals surface area contributed by atoms with E-state index in [2.05, 4.69) is 10.2 Å². The molecule has 5 rings (SSSR count). The van der Waals surface area contributed by atoms with Crippen LogP contribution in [-0.2, 0) is 37.9 Å². The van der Waals surface area contributed by atoms with Gasteiger partial charge in [0.05, 0.1) is 43.5 Å². The highest BCUT2D eigenvalue weighted by Gasteiger charge is 2.23. The number of carbonyl (C=O) groups excluding carboxylic acids is 2. The Hall–Kier alpha value is -5.90. The molecular formula is C35H29F8N5O7S2. The molecule has 5 aromatic rings. The SMILES string of the molecule is CS(=O)(=O)N(Cc1ccc(-c2nnc(C(F)F)o2)cc1F)c1ccc(F)cc1.CS(=O)(=O)N(Cc1ccc(C(=O)CNC(=O)C(F)F)cc1F)c1ccc(F)cc1. The van der Waals surface area contributed by atoms with Gasteiger partial charge in [0.2, 0.25) is 25.9 Å². The van der Waals surface area contributed by atoms with E-state index in [1.165, 1.54) is 48.5 Å². The molecule has 1 heterocycles. The summed E-state index contributed by atoms with van der Waals surface area (Å²) in [6.07, 6.45) is -4.40. The third-order valence-electron chi connectivity index (χ3n) is 7.58. The lowest BCUT2D eigenvalue weighted by atomic mass is 10.1. The van der Waals surface area contributed by atoms with Crippen molar-refractivity contribution in [2.45, 2.75) is 25.9 Å². The molecular weight excluding hydrogens is 819 g/mol. The Kier molecular flexibility index (Phi) is 14.1. The van der Waals surface area contributed by atoms with E-state index in [0.717, 1.165) is 57.5 Å². The molecule has 1 N–H and O–H groups in total. The van der Waals surface area contributed by atoms with Crippen LogP contribution in [-0.4, -0.2) is 64.2 Å². The van der Waals surface area contributed by atoms with Crippen LogP contribution in [0, 0.1) is 23.3 Å². The summed E-state index contributed by atoms with van der Waals surface area (Å²) in [5, 5.41) is 8.31. The van der Waals surface area contributed by atoms with Gasteiger partial charge < -0.3 is 9.73 Å². The normalized spacial score (nSPS) is 11.6. The van der Waals surface area contributed by atoms with E-state index in [9.17, 15) is 61.5 Å². The number of hydrogen-bond acceptors (Lipinski definition) is 9. The fourth-order valence-corrected chi connectivity index (χ4v) is 6.52. The van der Waals surface area contributed by atoms with Gasteiger partial charge in [-0.1, -0.05) is 18.2 Å². The first kappa shape index (κ1) is 43.8. The summed E-state index contributed by atoms with van der Waals surface area (Å²) in [4.78, 5) is 22.7. The van der Waals surface area contributed by atoms with Crippen molar-refractivity contribution >= 4 is 43.1 Å². The Bertz CT molecular complexity index is 2440. The van der Waals surface area contributed by atoms with Gasteiger partial charge >= 0.3 is 12.9 Å². The van der Waals surface area contributed by atoms with Crippen LogP contribution in [0.25, 0.3) is 11.5 Å². The van der Waals surface area contributed by atoms with E-state index >= 15 is 0 Å². The number of sulfonamides is 2. The summed E-state index contributed by atoms with van der Waals surface area (Å²) in [5.74, 6) is -6.44. The zero-order valence-electron chi connectivity index (χ0n) is 29.3. The number of benzene rings is 4. The smallest absolute Gasteiger partial charge is 0.315 e. The highest BCUT2D eigenvalue weighted by molar-refractivity contribution is 7.92. The average Bonchev–Trinajstić information content (AvgIpc) is 3.64. The zero-order valence-corrected chi connectivity index (χ0v) is 31.0. The first-order valence-corrected chi connectivity index (χ1v) is 19.6. The number of amides is 1. The standard InChI is InChI=1S/C18H16F4N2O4S.C17H13F4N3O3S/c1-29(27,28)24(14-6-4-13(19)5-7-14)10-12-3-2-11(8-15(12)20)16(25)9-23-18(26)17(21)22;1-28(25,26)24(13-6-4-12(18)5-7-13)9-11-3-2-10(8-14(11)19)16-22-23-17(27-16)15(20)21/h2-8,17H,9-10H2,1H3,(H,23,26);2-8,15H,9H2,1H3. The number of aromatic nitrogens is 2. The number of nitrogens with zero attached hydrogens (tertiary/aromatic N) is 4. The second kappa shape index (κ2) is 18.4. The molecule has 22 heteroatoms. The monoisotopic (exact) mass is 847 g/mol. The summed E-state index contributed by atoms with van der Waals surface area (Å²) in [6.45, 7) is -1.53. The van der Waals surface area contributed by atoms with Gasteiger partial charge in [-0.05, 0) is 66.7 Å². The Labute approximate surface area is 319 Å². The quantitative estimate of drug-likeness (QED) is 0.0984. The Morgan fingerprint density at radius 2 is 1.16 bits per heavy atom. The van der Waals surface area contributed by atoms with Crippen LogP contribution >= 0.6 is 0 Å². The molecule has 57 heavy (non-hydrogen) atoms. The van der Waals surface area contributed by atoms with Gasteiger partial charge in [0, 0.05) is 22.3 Å². The lowest BCUT2D eigenvalue weighted by Crippen LogP contribution is -2.34. The first-order valence-electron chi connectivity index (χ1n) is 15.9. The van der Waals surface area contributed by atoms with Crippen molar-refractivity contribution in [2.75, 3.05) is 27.7 Å². The fourth-order valence-electron chi connectivity index (χ4n) is 4.77. The minimum absolute atomic E-state index is 0.00657. The average molecular weight is 848 g/mol. The van der Waals surface area contributed by atoms with Crippen molar-refractivity contribution in [3.05, 3.63) is 131 Å². The van der Waals surface area contributed by atoms with Gasteiger partial charge in [-0.3, -0.25) is 18.2 Å². The van der Waals surface area contributed by atoms with E-state index in [1.54, 1.807) is 5.32 Å². The van der Waals surface area contributed by atoms with Crippen molar-refractivity contribution in [3.63, 3.8) is 0 Å². The molecule has 0 fully saturated rings. The van der Waals surface area contributed by atoms with Gasteiger partial charge in [-0.15, -0.1) is 10.2 Å². The number of rotatable bonds is 14. The minimum atomic E-state index is -3.84. The van der Waals surface area contributed by atoms with Crippen LogP contribution in [0.1, 0.15) is 33.8 Å². The number of hydrogen-bond donors (Lipinski definition) is 1. The van der Waals surface area contributed by atoms with Crippen molar-refractivity contribution in [2.24, 2.45) is 0 Å². The molecule has 0 bridgehead atoms. The highest BCUT2D eigenvalue weighted by Crippen LogP contribution is 2.27. The molecule has 0 saturated heterocycles. The van der Waals surface area contributed by atoms with Gasteiger partial charge in [-0.2, -0.15) is 17.6 Å². The van der Waals surface area contributed by atoms with Crippen LogP contribution in [0.3, 0.4) is 0 Å². The summed E-state index contributed by atoms with van der Waals surface area (Å²) < 4.78 is 159. The summed E-state index contributed by atoms with van der Waals surface area (Å²) >= 11 is 0. The minimum Gasteiger partial charge on any atom is -0.415 e. The van der Waals surface area contributed by atoms with Crippen LogP contribution in [0.15, 0.2) is 89.3 Å². The van der Waals surface area contributed by atoms with Crippen LogP contribution in [0.2, 0.25) is 0 Å². The number of anilines is 2. The lowest BCUT2D eigenvalue weighted by molar-refractivity contribution is -0.131. The molecule has 0 aliphatic heterocycles. The molecule has 0 radical (unpaired) electrons. The Balaban J connectivity index is 0.000000253. The largest absolute Gasteiger partial charge is 0.415 e. The van der Waals surface area contributed by atoms with Gasteiger partial charge in [0.1, 0.15) is 23.3 Å². The zero-order chi connectivity index (χ0) is 42.2. The van der Waals surface area contributed by atoms with Gasteiger partial charge in [0.15, 0.2) is 5.78 Å². The van der Waals surface area contributed by atoms with Crippen molar-refractivity contribution in [1.29, 1.82) is 0 Å². The van der Waals surface area contributed by atoms with Crippen LogP contribution in [0.4, 0.5) is 46.5 Å². The fraction of sp³-hybridized carbons (Fsp3) is 0.200. The van der Waals surface area contributed by atoms with Crippen molar-refractivity contribution in [3.8, 4) is 11.5 Å². The summed E-state index contributed by atoms with van der Waals surface area (Å²) in [7, 11) is -7.63. The highest BCUT2D eigenvalue weighted by atomic mass is 32.2. The molecule has 12 nitrogen and oxygen atoms in total. The molecule has 0 unspecified atom stereocenters.